The van der Waals surface area contributed by atoms with Crippen molar-refractivity contribution in [3.8, 4) is 0 Å². The second-order valence-corrected chi connectivity index (χ2v) is 7.37. The fourth-order valence-corrected chi connectivity index (χ4v) is 3.41. The first-order valence-corrected chi connectivity index (χ1v) is 10.4. The minimum atomic E-state index is 0.167. The van der Waals surface area contributed by atoms with Crippen LogP contribution in [0.25, 0.3) is 0 Å². The molecular weight excluding hydrogens is 362 g/mol. The Kier molecular flexibility index (Phi) is 9.98. The zero-order chi connectivity index (χ0) is 19.3. The van der Waals surface area contributed by atoms with E-state index in [9.17, 15) is 4.79 Å². The second-order valence-electron chi connectivity index (χ2n) is 6.98. The number of pyridine rings is 1. The number of guanidine groups is 1. The second kappa shape index (κ2) is 12.5. The highest BCUT2D eigenvalue weighted by Crippen LogP contribution is 2.25. The molecule has 1 fully saturated rings. The Morgan fingerprint density at radius 1 is 1.19 bits per heavy atom. The molecule has 3 N–H and O–H groups in total. The number of aromatic nitrogens is 1. The lowest BCUT2D eigenvalue weighted by Crippen LogP contribution is -2.41. The van der Waals surface area contributed by atoms with E-state index < -0.39 is 0 Å². The lowest BCUT2D eigenvalue weighted by atomic mass is 9.87. The molecule has 1 heterocycles. The van der Waals surface area contributed by atoms with Crippen LogP contribution in [-0.2, 0) is 11.2 Å². The van der Waals surface area contributed by atoms with Crippen molar-refractivity contribution in [3.63, 3.8) is 0 Å². The molecule has 0 aliphatic heterocycles. The van der Waals surface area contributed by atoms with Crippen LogP contribution in [0.15, 0.2) is 23.3 Å². The van der Waals surface area contributed by atoms with Gasteiger partial charge in [0.15, 0.2) is 5.96 Å². The maximum absolute atomic E-state index is 12.0. The van der Waals surface area contributed by atoms with Crippen molar-refractivity contribution in [1.82, 2.24) is 20.9 Å². The molecule has 1 aliphatic carbocycles. The van der Waals surface area contributed by atoms with Crippen molar-refractivity contribution in [2.45, 2.75) is 51.9 Å². The molecule has 0 unspecified atom stereocenters. The molecule has 2 rings (SSSR count). The maximum Gasteiger partial charge on any atom is 0.220 e. The third kappa shape index (κ3) is 9.09. The monoisotopic (exact) mass is 393 g/mol. The van der Waals surface area contributed by atoms with E-state index >= 15 is 0 Å². The molecule has 6 nitrogen and oxygen atoms in total. The van der Waals surface area contributed by atoms with E-state index in [1.807, 2.05) is 13.0 Å². The predicted molar refractivity (Wildman–Crippen MR) is 111 cm³/mol. The third-order valence-corrected chi connectivity index (χ3v) is 4.97. The minimum absolute atomic E-state index is 0.167. The third-order valence-electron chi connectivity index (χ3n) is 4.74. The van der Waals surface area contributed by atoms with Gasteiger partial charge >= 0.3 is 0 Å². The van der Waals surface area contributed by atoms with Crippen molar-refractivity contribution in [2.24, 2.45) is 10.9 Å². The highest BCUT2D eigenvalue weighted by molar-refractivity contribution is 6.29. The van der Waals surface area contributed by atoms with E-state index in [-0.39, 0.29) is 5.91 Å². The molecule has 7 heteroatoms. The van der Waals surface area contributed by atoms with Crippen LogP contribution >= 0.6 is 11.6 Å². The number of nitrogens with zero attached hydrogens (tertiary/aromatic N) is 2. The van der Waals surface area contributed by atoms with E-state index in [2.05, 4.69) is 25.9 Å². The first-order valence-electron chi connectivity index (χ1n) is 10.1. The number of rotatable bonds is 9. The average Bonchev–Trinajstić information content (AvgIpc) is 2.67. The van der Waals surface area contributed by atoms with E-state index in [1.54, 1.807) is 12.3 Å². The van der Waals surface area contributed by atoms with Gasteiger partial charge in [-0.25, -0.2) is 4.98 Å². The first kappa shape index (κ1) is 21.5. The molecule has 150 valence electrons. The van der Waals surface area contributed by atoms with E-state index in [0.29, 0.717) is 37.1 Å². The van der Waals surface area contributed by atoms with Crippen LogP contribution in [0.3, 0.4) is 0 Å². The molecule has 0 spiro atoms. The fraction of sp³-hybridized carbons (Fsp3) is 0.650. The van der Waals surface area contributed by atoms with E-state index in [0.717, 1.165) is 24.5 Å². The maximum atomic E-state index is 12.0. The van der Waals surface area contributed by atoms with Gasteiger partial charge in [0.2, 0.25) is 5.91 Å². The SMILES string of the molecule is CCNC(=NCCc1ccc(Cl)nc1)NCCNC(=O)CC1CCCCC1. The Morgan fingerprint density at radius 3 is 2.67 bits per heavy atom. The Hall–Kier alpha value is -1.82. The van der Waals surface area contributed by atoms with Crippen LogP contribution in [-0.4, -0.2) is 43.0 Å². The zero-order valence-electron chi connectivity index (χ0n) is 16.3. The molecule has 1 aromatic heterocycles. The van der Waals surface area contributed by atoms with Gasteiger partial charge < -0.3 is 16.0 Å². The molecule has 0 saturated heterocycles. The summed E-state index contributed by atoms with van der Waals surface area (Å²) in [4.78, 5) is 20.7. The van der Waals surface area contributed by atoms with Gasteiger partial charge in [-0.2, -0.15) is 0 Å². The van der Waals surface area contributed by atoms with Crippen LogP contribution in [0.5, 0.6) is 0 Å². The molecule has 0 atom stereocenters. The zero-order valence-corrected chi connectivity index (χ0v) is 17.0. The number of amides is 1. The van der Waals surface area contributed by atoms with Gasteiger partial charge in [0.05, 0.1) is 0 Å². The van der Waals surface area contributed by atoms with Crippen LogP contribution in [0.2, 0.25) is 5.15 Å². The first-order chi connectivity index (χ1) is 13.2. The highest BCUT2D eigenvalue weighted by Gasteiger charge is 2.16. The van der Waals surface area contributed by atoms with Crippen LogP contribution in [0.1, 0.15) is 51.0 Å². The standard InChI is InChI=1S/C20H32ClN5O/c1-2-22-20(24-11-10-17-8-9-18(21)26-15-17)25-13-12-23-19(27)14-16-6-4-3-5-7-16/h8-9,15-16H,2-7,10-14H2,1H3,(H,23,27)(H2,22,24,25). The summed E-state index contributed by atoms with van der Waals surface area (Å²) >= 11 is 5.80. The molecule has 1 amide bonds. The number of nitrogens with one attached hydrogen (secondary N) is 3. The number of carbonyl (C=O) groups excluding carboxylic acids is 1. The Bertz CT molecular complexity index is 585. The summed E-state index contributed by atoms with van der Waals surface area (Å²) in [6.45, 7) is 4.75. The summed E-state index contributed by atoms with van der Waals surface area (Å²) in [6.07, 6.45) is 9.52. The van der Waals surface area contributed by atoms with Gasteiger partial charge in [0, 0.05) is 38.8 Å². The van der Waals surface area contributed by atoms with Crippen LogP contribution in [0.4, 0.5) is 0 Å². The number of hydrogen-bond donors (Lipinski definition) is 3. The molecule has 1 aromatic rings. The number of halogens is 1. The van der Waals surface area contributed by atoms with Crippen molar-refractivity contribution >= 4 is 23.5 Å². The smallest absolute Gasteiger partial charge is 0.220 e. The molecule has 0 bridgehead atoms. The van der Waals surface area contributed by atoms with Gasteiger partial charge in [-0.05, 0) is 43.7 Å². The summed E-state index contributed by atoms with van der Waals surface area (Å²) < 4.78 is 0. The van der Waals surface area contributed by atoms with Gasteiger partial charge in [0.1, 0.15) is 5.15 Å². The highest BCUT2D eigenvalue weighted by atomic mass is 35.5. The summed E-state index contributed by atoms with van der Waals surface area (Å²) in [5, 5.41) is 10.00. The van der Waals surface area contributed by atoms with Gasteiger partial charge in [0.25, 0.3) is 0 Å². The summed E-state index contributed by atoms with van der Waals surface area (Å²) in [5.41, 5.74) is 1.11. The van der Waals surface area contributed by atoms with Crippen molar-refractivity contribution in [2.75, 3.05) is 26.2 Å². The predicted octanol–water partition coefficient (Wildman–Crippen LogP) is 2.92. The molecular formula is C20H32ClN5O. The van der Waals surface area contributed by atoms with Gasteiger partial charge in [-0.1, -0.05) is 36.9 Å². The minimum Gasteiger partial charge on any atom is -0.357 e. The van der Waals surface area contributed by atoms with E-state index in [1.165, 1.54) is 32.1 Å². The average molecular weight is 394 g/mol. The number of aliphatic imine (C=N–C) groups is 1. The molecule has 1 aliphatic rings. The molecule has 0 aromatic carbocycles. The lowest BCUT2D eigenvalue weighted by Gasteiger charge is -2.20. The van der Waals surface area contributed by atoms with Crippen LogP contribution < -0.4 is 16.0 Å². The Labute approximate surface area is 167 Å². The number of hydrogen-bond acceptors (Lipinski definition) is 3. The van der Waals surface area contributed by atoms with Gasteiger partial charge in [-0.3, -0.25) is 9.79 Å². The summed E-state index contributed by atoms with van der Waals surface area (Å²) in [5.74, 6) is 1.51. The molecule has 27 heavy (non-hydrogen) atoms. The Morgan fingerprint density at radius 2 is 1.96 bits per heavy atom. The summed E-state index contributed by atoms with van der Waals surface area (Å²) in [7, 11) is 0. The quantitative estimate of drug-likeness (QED) is 0.261. The topological polar surface area (TPSA) is 78.4 Å². The fourth-order valence-electron chi connectivity index (χ4n) is 3.30. The van der Waals surface area contributed by atoms with Crippen LogP contribution in [0, 0.1) is 5.92 Å². The molecule has 1 saturated carbocycles. The van der Waals surface area contributed by atoms with E-state index in [4.69, 9.17) is 11.6 Å². The normalized spacial score (nSPS) is 15.4. The van der Waals surface area contributed by atoms with Crippen molar-refractivity contribution < 1.29 is 4.79 Å². The summed E-state index contributed by atoms with van der Waals surface area (Å²) in [6, 6.07) is 3.76. The number of carbonyl (C=O) groups is 1. The Balaban J connectivity index is 1.64. The molecule has 0 radical (unpaired) electrons. The van der Waals surface area contributed by atoms with Crippen molar-refractivity contribution in [3.05, 3.63) is 29.0 Å². The lowest BCUT2D eigenvalue weighted by molar-refractivity contribution is -0.122. The largest absolute Gasteiger partial charge is 0.357 e. The van der Waals surface area contributed by atoms with Crippen molar-refractivity contribution in [1.29, 1.82) is 0 Å². The van der Waals surface area contributed by atoms with Gasteiger partial charge in [-0.15, -0.1) is 0 Å².